The highest BCUT2D eigenvalue weighted by molar-refractivity contribution is 5.45. The molecule has 0 N–H and O–H groups in total. The van der Waals surface area contributed by atoms with Crippen LogP contribution in [0.5, 0.6) is 0 Å². The van der Waals surface area contributed by atoms with Crippen LogP contribution in [0, 0.1) is 17.3 Å². The van der Waals surface area contributed by atoms with Gasteiger partial charge in [-0.2, -0.15) is 0 Å². The molecule has 31 heavy (non-hydrogen) atoms. The Morgan fingerprint density at radius 1 is 1.23 bits per heavy atom. The molecule has 0 radical (unpaired) electrons. The first-order valence-electron chi connectivity index (χ1n) is 12.5. The van der Waals surface area contributed by atoms with Gasteiger partial charge in [-0.1, -0.05) is 25.2 Å². The van der Waals surface area contributed by atoms with Crippen molar-refractivity contribution in [3.05, 3.63) is 34.9 Å². The molecule has 4 unspecified atom stereocenters. The van der Waals surface area contributed by atoms with Crippen LogP contribution >= 0.6 is 0 Å². The Balaban J connectivity index is 1.45. The second kappa shape index (κ2) is 7.83. The van der Waals surface area contributed by atoms with Crippen molar-refractivity contribution in [2.24, 2.45) is 17.3 Å². The van der Waals surface area contributed by atoms with Crippen molar-refractivity contribution < 1.29 is 18.9 Å². The maximum absolute atomic E-state index is 6.73. The summed E-state index contributed by atoms with van der Waals surface area (Å²) in [7, 11) is 0. The van der Waals surface area contributed by atoms with Crippen LogP contribution in [0.1, 0.15) is 79.1 Å². The molecule has 5 aliphatic rings. The molecular formula is C27H40O4. The highest BCUT2D eigenvalue weighted by Gasteiger charge is 2.62. The summed E-state index contributed by atoms with van der Waals surface area (Å²) in [5.41, 5.74) is 5.82. The minimum atomic E-state index is -0.318. The number of hydrogen-bond donors (Lipinski definition) is 0. The summed E-state index contributed by atoms with van der Waals surface area (Å²) < 4.78 is 24.6. The summed E-state index contributed by atoms with van der Waals surface area (Å²) in [6, 6.07) is 0. The largest absolute Gasteiger partial charge is 0.353 e. The van der Waals surface area contributed by atoms with Crippen LogP contribution in [0.4, 0.5) is 0 Å². The van der Waals surface area contributed by atoms with Crippen molar-refractivity contribution >= 4 is 0 Å². The highest BCUT2D eigenvalue weighted by atomic mass is 16.7. The van der Waals surface area contributed by atoms with Crippen molar-refractivity contribution in [3.63, 3.8) is 0 Å². The summed E-state index contributed by atoms with van der Waals surface area (Å²) in [6.45, 7) is 15.3. The van der Waals surface area contributed by atoms with Crippen LogP contribution in [-0.4, -0.2) is 37.5 Å². The van der Waals surface area contributed by atoms with Gasteiger partial charge < -0.3 is 18.9 Å². The van der Waals surface area contributed by atoms with E-state index in [-0.39, 0.29) is 23.1 Å². The number of allylic oxidation sites excluding steroid dienone is 3. The van der Waals surface area contributed by atoms with Crippen molar-refractivity contribution in [2.75, 3.05) is 19.8 Å². The lowest BCUT2D eigenvalue weighted by atomic mass is 9.55. The van der Waals surface area contributed by atoms with Crippen LogP contribution in [0.3, 0.4) is 0 Å². The predicted molar refractivity (Wildman–Crippen MR) is 121 cm³/mol. The average molecular weight is 429 g/mol. The highest BCUT2D eigenvalue weighted by Crippen LogP contribution is 2.65. The van der Waals surface area contributed by atoms with Gasteiger partial charge in [0.1, 0.15) is 0 Å². The molecule has 172 valence electrons. The van der Waals surface area contributed by atoms with Crippen LogP contribution in [-0.2, 0) is 18.9 Å². The average Bonchev–Trinajstić information content (AvgIpc) is 3.30. The van der Waals surface area contributed by atoms with Gasteiger partial charge in [0.2, 0.25) is 0 Å². The maximum atomic E-state index is 6.73. The van der Waals surface area contributed by atoms with E-state index < -0.39 is 0 Å². The second-order valence-corrected chi connectivity index (χ2v) is 10.7. The zero-order valence-corrected chi connectivity index (χ0v) is 19.9. The lowest BCUT2D eigenvalue weighted by Crippen LogP contribution is -2.52. The van der Waals surface area contributed by atoms with Gasteiger partial charge in [0.05, 0.1) is 18.8 Å². The molecule has 1 spiro atoms. The van der Waals surface area contributed by atoms with Crippen molar-refractivity contribution in [1.29, 1.82) is 0 Å². The first-order valence-corrected chi connectivity index (χ1v) is 12.5. The third-order valence-electron chi connectivity index (χ3n) is 9.22. The standard InChI is InChI=1S/C27H40O4/c1-6-28-19(4)31-27(18(2)3)14-11-24-23-8-7-20-17-26(29-15-16-30-26)13-10-21(20)22(23)9-12-25(24,27)5/h9,19,23-24H,2,6-8,10-17H2,1,3-5H3/t19?,23?,24?,25?,27-/m0/s1. The number of fused-ring (bicyclic) bond motifs is 4. The van der Waals surface area contributed by atoms with E-state index in [1.165, 1.54) is 19.3 Å². The van der Waals surface area contributed by atoms with Gasteiger partial charge in [-0.25, -0.2) is 0 Å². The summed E-state index contributed by atoms with van der Waals surface area (Å²) in [5, 5.41) is 0. The van der Waals surface area contributed by atoms with Crippen LogP contribution in [0.25, 0.3) is 0 Å². The van der Waals surface area contributed by atoms with Gasteiger partial charge in [0.25, 0.3) is 0 Å². The summed E-state index contributed by atoms with van der Waals surface area (Å²) in [6.07, 6.45) is 11.2. The minimum Gasteiger partial charge on any atom is -0.353 e. The molecule has 0 aromatic rings. The Morgan fingerprint density at radius 3 is 2.71 bits per heavy atom. The Hall–Kier alpha value is -0.940. The summed E-state index contributed by atoms with van der Waals surface area (Å²) >= 11 is 0. The third kappa shape index (κ3) is 3.24. The number of hydrogen-bond acceptors (Lipinski definition) is 4. The van der Waals surface area contributed by atoms with Crippen molar-refractivity contribution in [2.45, 2.75) is 96.7 Å². The molecule has 0 amide bonds. The molecule has 0 bridgehead atoms. The lowest BCUT2D eigenvalue weighted by Gasteiger charge is -2.53. The Labute approximate surface area is 188 Å². The maximum Gasteiger partial charge on any atom is 0.172 e. The molecular weight excluding hydrogens is 388 g/mol. The van der Waals surface area contributed by atoms with Crippen molar-refractivity contribution in [3.8, 4) is 0 Å². The Morgan fingerprint density at radius 2 is 2.00 bits per heavy atom. The first-order chi connectivity index (χ1) is 14.8. The molecule has 2 fully saturated rings. The van der Waals surface area contributed by atoms with E-state index in [9.17, 15) is 0 Å². The third-order valence-corrected chi connectivity index (χ3v) is 9.22. The number of ether oxygens (including phenoxy) is 4. The molecule has 4 heteroatoms. The SMILES string of the molecule is C=C(C)[C@@]1(OC(C)OCC)CCC2C3CCC4=C(CCC5(C4)OCCO5)C3=CCC21C. The fraction of sp³-hybridized carbons (Fsp3) is 0.778. The molecule has 1 saturated heterocycles. The fourth-order valence-electron chi connectivity index (χ4n) is 7.84. The molecule has 5 atom stereocenters. The first kappa shape index (κ1) is 21.9. The van der Waals surface area contributed by atoms with E-state index in [0.717, 1.165) is 50.9 Å². The molecule has 4 nitrogen and oxygen atoms in total. The fourth-order valence-corrected chi connectivity index (χ4v) is 7.84. The van der Waals surface area contributed by atoms with Gasteiger partial charge in [-0.05, 0) is 87.9 Å². The monoisotopic (exact) mass is 428 g/mol. The van der Waals surface area contributed by atoms with E-state index in [1.54, 1.807) is 16.7 Å². The Bertz CT molecular complexity index is 804. The number of rotatable bonds is 5. The summed E-state index contributed by atoms with van der Waals surface area (Å²) in [4.78, 5) is 0. The molecule has 1 saturated carbocycles. The smallest absolute Gasteiger partial charge is 0.172 e. The van der Waals surface area contributed by atoms with Gasteiger partial charge in [0.15, 0.2) is 12.1 Å². The van der Waals surface area contributed by atoms with Gasteiger partial charge >= 0.3 is 0 Å². The van der Waals surface area contributed by atoms with Crippen molar-refractivity contribution in [1.82, 2.24) is 0 Å². The Kier molecular flexibility index (Phi) is 5.53. The second-order valence-electron chi connectivity index (χ2n) is 10.7. The zero-order chi connectivity index (χ0) is 21.9. The van der Waals surface area contributed by atoms with Gasteiger partial charge in [-0.3, -0.25) is 0 Å². The molecule has 1 aliphatic heterocycles. The van der Waals surface area contributed by atoms with E-state index in [0.29, 0.717) is 18.4 Å². The van der Waals surface area contributed by atoms with E-state index >= 15 is 0 Å². The predicted octanol–water partition coefficient (Wildman–Crippen LogP) is 6.08. The molecule has 0 aromatic carbocycles. The van der Waals surface area contributed by atoms with Crippen LogP contribution < -0.4 is 0 Å². The molecule has 0 aromatic heterocycles. The van der Waals surface area contributed by atoms with Gasteiger partial charge in [-0.15, -0.1) is 0 Å². The van der Waals surface area contributed by atoms with Crippen LogP contribution in [0.2, 0.25) is 0 Å². The molecule has 5 rings (SSSR count). The molecule has 1 heterocycles. The zero-order valence-electron chi connectivity index (χ0n) is 19.9. The van der Waals surface area contributed by atoms with E-state index in [4.69, 9.17) is 18.9 Å². The molecule has 4 aliphatic carbocycles. The quantitative estimate of drug-likeness (QED) is 0.393. The van der Waals surface area contributed by atoms with E-state index in [1.807, 2.05) is 13.8 Å². The normalized spacial score (nSPS) is 39.7. The summed E-state index contributed by atoms with van der Waals surface area (Å²) in [5.74, 6) is 0.965. The minimum absolute atomic E-state index is 0.0734. The topological polar surface area (TPSA) is 36.9 Å². The lowest BCUT2D eigenvalue weighted by molar-refractivity contribution is -0.220. The van der Waals surface area contributed by atoms with Crippen LogP contribution in [0.15, 0.2) is 34.9 Å². The van der Waals surface area contributed by atoms with Gasteiger partial charge in [0, 0.05) is 24.9 Å². The van der Waals surface area contributed by atoms with E-state index in [2.05, 4.69) is 26.5 Å².